The lowest BCUT2D eigenvalue weighted by atomic mass is 10.1. The molecule has 2 heterocycles. The van der Waals surface area contributed by atoms with Crippen LogP contribution >= 0.6 is 0 Å². The summed E-state index contributed by atoms with van der Waals surface area (Å²) in [6.07, 6.45) is 3.63. The van der Waals surface area contributed by atoms with Gasteiger partial charge in [-0.05, 0) is 54.3 Å². The molecule has 0 unspecified atom stereocenters. The SMILES string of the molecule is Cc1ccnc(Oc2cccc(Oc3cccc(-c4cc5ccccc5cn4)c3)c2)c1. The molecule has 150 valence electrons. The maximum absolute atomic E-state index is 6.10. The lowest BCUT2D eigenvalue weighted by Gasteiger charge is -2.10. The van der Waals surface area contributed by atoms with E-state index in [-0.39, 0.29) is 0 Å². The van der Waals surface area contributed by atoms with E-state index in [4.69, 9.17) is 9.47 Å². The van der Waals surface area contributed by atoms with Gasteiger partial charge in [0, 0.05) is 35.5 Å². The highest BCUT2D eigenvalue weighted by Gasteiger charge is 2.06. The first-order chi connectivity index (χ1) is 15.2. The number of hydrogen-bond acceptors (Lipinski definition) is 4. The van der Waals surface area contributed by atoms with Crippen LogP contribution in [0.3, 0.4) is 0 Å². The lowest BCUT2D eigenvalue weighted by Crippen LogP contribution is -1.90. The van der Waals surface area contributed by atoms with Crippen LogP contribution in [0.2, 0.25) is 0 Å². The third-order valence-corrected chi connectivity index (χ3v) is 4.91. The van der Waals surface area contributed by atoms with Crippen molar-refractivity contribution in [1.82, 2.24) is 9.97 Å². The number of aromatic nitrogens is 2. The third-order valence-electron chi connectivity index (χ3n) is 4.91. The molecule has 0 fully saturated rings. The molecule has 0 atom stereocenters. The molecule has 5 aromatic rings. The van der Waals surface area contributed by atoms with Crippen LogP contribution in [0.1, 0.15) is 5.56 Å². The second-order valence-corrected chi connectivity index (χ2v) is 7.29. The number of pyridine rings is 2. The van der Waals surface area contributed by atoms with Gasteiger partial charge in [-0.25, -0.2) is 4.98 Å². The number of fused-ring (bicyclic) bond motifs is 1. The van der Waals surface area contributed by atoms with E-state index in [2.05, 4.69) is 28.2 Å². The van der Waals surface area contributed by atoms with E-state index in [0.29, 0.717) is 17.4 Å². The van der Waals surface area contributed by atoms with Crippen molar-refractivity contribution in [1.29, 1.82) is 0 Å². The van der Waals surface area contributed by atoms with Crippen molar-refractivity contribution < 1.29 is 9.47 Å². The van der Waals surface area contributed by atoms with Crippen LogP contribution in [0.5, 0.6) is 23.1 Å². The molecule has 0 bridgehead atoms. The average Bonchev–Trinajstić information content (AvgIpc) is 2.79. The Bertz CT molecular complexity index is 1360. The van der Waals surface area contributed by atoms with Crippen LogP contribution in [-0.2, 0) is 0 Å². The Kier molecular flexibility index (Phi) is 5.03. The van der Waals surface area contributed by atoms with E-state index in [9.17, 15) is 0 Å². The van der Waals surface area contributed by atoms with Gasteiger partial charge in [0.1, 0.15) is 17.2 Å². The second-order valence-electron chi connectivity index (χ2n) is 7.29. The van der Waals surface area contributed by atoms with Gasteiger partial charge in [-0.15, -0.1) is 0 Å². The van der Waals surface area contributed by atoms with Gasteiger partial charge < -0.3 is 9.47 Å². The van der Waals surface area contributed by atoms with Crippen molar-refractivity contribution in [2.45, 2.75) is 6.92 Å². The monoisotopic (exact) mass is 404 g/mol. The van der Waals surface area contributed by atoms with Gasteiger partial charge in [-0.3, -0.25) is 4.98 Å². The molecule has 0 radical (unpaired) electrons. The molecule has 4 nitrogen and oxygen atoms in total. The second kappa shape index (κ2) is 8.28. The normalized spacial score (nSPS) is 10.7. The number of aryl methyl sites for hydroxylation is 1. The van der Waals surface area contributed by atoms with Crippen molar-refractivity contribution in [3.8, 4) is 34.4 Å². The van der Waals surface area contributed by atoms with E-state index >= 15 is 0 Å². The summed E-state index contributed by atoms with van der Waals surface area (Å²) in [5, 5.41) is 2.28. The van der Waals surface area contributed by atoms with Crippen LogP contribution in [0.15, 0.2) is 103 Å². The molecule has 2 aromatic heterocycles. The largest absolute Gasteiger partial charge is 0.457 e. The zero-order chi connectivity index (χ0) is 21.0. The van der Waals surface area contributed by atoms with E-state index in [1.807, 2.05) is 85.9 Å². The summed E-state index contributed by atoms with van der Waals surface area (Å²) in [6, 6.07) is 29.6. The molecule has 0 saturated heterocycles. The number of nitrogens with zero attached hydrogens (tertiary/aromatic N) is 2. The molecular formula is C27H20N2O2. The summed E-state index contributed by atoms with van der Waals surface area (Å²) in [4.78, 5) is 8.86. The van der Waals surface area contributed by atoms with Crippen molar-refractivity contribution in [3.63, 3.8) is 0 Å². The maximum Gasteiger partial charge on any atom is 0.219 e. The van der Waals surface area contributed by atoms with Crippen molar-refractivity contribution in [2.24, 2.45) is 0 Å². The number of benzene rings is 3. The Morgan fingerprint density at radius 1 is 0.613 bits per heavy atom. The van der Waals surface area contributed by atoms with E-state index < -0.39 is 0 Å². The first-order valence-corrected chi connectivity index (χ1v) is 10.1. The van der Waals surface area contributed by atoms with Crippen LogP contribution in [0.4, 0.5) is 0 Å². The number of ether oxygens (including phenoxy) is 2. The van der Waals surface area contributed by atoms with Gasteiger partial charge >= 0.3 is 0 Å². The van der Waals surface area contributed by atoms with E-state index in [1.165, 1.54) is 0 Å². The molecule has 0 aliphatic heterocycles. The van der Waals surface area contributed by atoms with Gasteiger partial charge in [0.25, 0.3) is 0 Å². The smallest absolute Gasteiger partial charge is 0.219 e. The fourth-order valence-corrected chi connectivity index (χ4v) is 3.38. The Balaban J connectivity index is 1.38. The first kappa shape index (κ1) is 18.8. The Hall–Kier alpha value is -4.18. The summed E-state index contributed by atoms with van der Waals surface area (Å²) in [7, 11) is 0. The molecule has 0 N–H and O–H groups in total. The standard InChI is InChI=1S/C27H20N2O2/c1-19-12-13-28-27(14-19)31-25-11-5-10-24(17-25)30-23-9-4-8-21(15-23)26-16-20-6-2-3-7-22(20)18-29-26/h2-18H,1H3. The molecule has 0 amide bonds. The molecule has 3 aromatic carbocycles. The molecule has 0 aliphatic carbocycles. The molecule has 0 aliphatic rings. The molecule has 0 saturated carbocycles. The van der Waals surface area contributed by atoms with E-state index in [0.717, 1.165) is 33.3 Å². The molecule has 4 heteroatoms. The van der Waals surface area contributed by atoms with Crippen LogP contribution < -0.4 is 9.47 Å². The van der Waals surface area contributed by atoms with Gasteiger partial charge in [-0.1, -0.05) is 42.5 Å². The van der Waals surface area contributed by atoms with Gasteiger partial charge in [0.2, 0.25) is 5.88 Å². The molecule has 5 rings (SSSR count). The third kappa shape index (κ3) is 4.38. The molecule has 0 spiro atoms. The average molecular weight is 404 g/mol. The topological polar surface area (TPSA) is 44.2 Å². The lowest BCUT2D eigenvalue weighted by molar-refractivity contribution is 0.449. The van der Waals surface area contributed by atoms with Crippen molar-refractivity contribution in [2.75, 3.05) is 0 Å². The van der Waals surface area contributed by atoms with Crippen LogP contribution in [0, 0.1) is 6.92 Å². The van der Waals surface area contributed by atoms with E-state index in [1.54, 1.807) is 6.20 Å². The van der Waals surface area contributed by atoms with Crippen molar-refractivity contribution >= 4 is 10.8 Å². The molecule has 31 heavy (non-hydrogen) atoms. The summed E-state index contributed by atoms with van der Waals surface area (Å²) in [5.41, 5.74) is 3.00. The summed E-state index contributed by atoms with van der Waals surface area (Å²) < 4.78 is 12.0. The zero-order valence-corrected chi connectivity index (χ0v) is 17.0. The number of rotatable bonds is 5. The summed E-state index contributed by atoms with van der Waals surface area (Å²) in [6.45, 7) is 2.01. The maximum atomic E-state index is 6.10. The van der Waals surface area contributed by atoms with Gasteiger partial charge in [0.15, 0.2) is 0 Å². The molecular weight excluding hydrogens is 384 g/mol. The quantitative estimate of drug-likeness (QED) is 0.311. The fourth-order valence-electron chi connectivity index (χ4n) is 3.38. The van der Waals surface area contributed by atoms with Crippen molar-refractivity contribution in [3.05, 3.63) is 109 Å². The van der Waals surface area contributed by atoms with Crippen LogP contribution in [0.25, 0.3) is 22.0 Å². The predicted molar refractivity (Wildman–Crippen MR) is 123 cm³/mol. The Labute approximate surface area is 180 Å². The first-order valence-electron chi connectivity index (χ1n) is 10.1. The Morgan fingerprint density at radius 2 is 1.35 bits per heavy atom. The fraction of sp³-hybridized carbons (Fsp3) is 0.0370. The van der Waals surface area contributed by atoms with Gasteiger partial charge in [-0.2, -0.15) is 0 Å². The van der Waals surface area contributed by atoms with Gasteiger partial charge in [0.05, 0.1) is 5.69 Å². The minimum Gasteiger partial charge on any atom is -0.457 e. The minimum atomic E-state index is 0.557. The highest BCUT2D eigenvalue weighted by atomic mass is 16.5. The zero-order valence-electron chi connectivity index (χ0n) is 17.0. The summed E-state index contributed by atoms with van der Waals surface area (Å²) >= 11 is 0. The summed E-state index contributed by atoms with van der Waals surface area (Å²) in [5.74, 6) is 2.65. The highest BCUT2D eigenvalue weighted by Crippen LogP contribution is 2.30. The predicted octanol–water partition coefficient (Wildman–Crippen LogP) is 7.19. The number of hydrogen-bond donors (Lipinski definition) is 0. The highest BCUT2D eigenvalue weighted by molar-refractivity contribution is 5.85. The van der Waals surface area contributed by atoms with Crippen LogP contribution in [-0.4, -0.2) is 9.97 Å². The minimum absolute atomic E-state index is 0.557. The Morgan fingerprint density at radius 3 is 2.19 bits per heavy atom.